The Morgan fingerprint density at radius 1 is 1.12 bits per heavy atom. The maximum atomic E-state index is 13.2. The Morgan fingerprint density at radius 2 is 1.88 bits per heavy atom. The first kappa shape index (κ1) is 31.7. The van der Waals surface area contributed by atoms with E-state index in [0.717, 1.165) is 31.2 Å². The summed E-state index contributed by atoms with van der Waals surface area (Å²) >= 11 is 0. The second kappa shape index (κ2) is 14.7. The number of aliphatic hydroxyl groups is 1. The lowest BCUT2D eigenvalue weighted by atomic mass is 9.75. The van der Waals surface area contributed by atoms with E-state index in [4.69, 9.17) is 10.5 Å². The summed E-state index contributed by atoms with van der Waals surface area (Å²) in [4.78, 5) is 20.3. The maximum absolute atomic E-state index is 13.2. The molecule has 0 bridgehead atoms. The summed E-state index contributed by atoms with van der Waals surface area (Å²) in [6.45, 7) is 11.3. The summed E-state index contributed by atoms with van der Waals surface area (Å²) in [5.74, 6) is -0.0927. The van der Waals surface area contributed by atoms with Crippen molar-refractivity contribution < 1.29 is 19.0 Å². The number of rotatable bonds is 15. The molecule has 2 heterocycles. The van der Waals surface area contributed by atoms with Crippen LogP contribution < -0.4 is 11.1 Å². The number of methoxy groups -OCH3 is 1. The van der Waals surface area contributed by atoms with E-state index >= 15 is 0 Å². The minimum absolute atomic E-state index is 0.0201. The number of carbonyl (C=O) groups is 1. The van der Waals surface area contributed by atoms with Gasteiger partial charge in [-0.3, -0.25) is 4.79 Å². The fourth-order valence-corrected chi connectivity index (χ4v) is 5.65. The molecule has 3 rings (SSSR count). The third-order valence-electron chi connectivity index (χ3n) is 8.26. The van der Waals surface area contributed by atoms with Gasteiger partial charge in [0, 0.05) is 42.8 Å². The van der Waals surface area contributed by atoms with Gasteiger partial charge in [0.25, 0.3) is 0 Å². The first-order valence-corrected chi connectivity index (χ1v) is 14.5. The van der Waals surface area contributed by atoms with Gasteiger partial charge in [-0.1, -0.05) is 40.7 Å². The number of carbonyl (C=O) groups excluding carboxylic acids is 1. The van der Waals surface area contributed by atoms with Gasteiger partial charge < -0.3 is 25.9 Å². The van der Waals surface area contributed by atoms with Crippen LogP contribution in [-0.2, 0) is 16.0 Å². The summed E-state index contributed by atoms with van der Waals surface area (Å²) in [7, 11) is 1.73. The zero-order chi connectivity index (χ0) is 29.4. The highest BCUT2D eigenvalue weighted by atomic mass is 19.1. The molecule has 0 fully saturated rings. The molecule has 8 heteroatoms. The minimum atomic E-state index is -0.840. The number of anilines is 1. The monoisotopic (exact) mass is 554 g/mol. The van der Waals surface area contributed by atoms with E-state index in [1.165, 1.54) is 28.6 Å². The van der Waals surface area contributed by atoms with Crippen LogP contribution in [0.4, 0.5) is 10.2 Å². The summed E-state index contributed by atoms with van der Waals surface area (Å²) in [5, 5.41) is 15.1. The Morgan fingerprint density at radius 3 is 2.50 bits per heavy atom. The zero-order valence-electron chi connectivity index (χ0n) is 24.8. The van der Waals surface area contributed by atoms with Gasteiger partial charge in [-0.15, -0.1) is 0 Å². The fourth-order valence-electron chi connectivity index (χ4n) is 5.65. The molecule has 1 amide bonds. The second-order valence-corrected chi connectivity index (χ2v) is 11.8. The van der Waals surface area contributed by atoms with Crippen LogP contribution in [-0.4, -0.2) is 46.8 Å². The molecular weight excluding hydrogens is 507 g/mol. The number of fused-ring (bicyclic) bond motifs is 1. The molecule has 5 unspecified atom stereocenters. The number of aryl methyl sites for hydroxylation is 1. The summed E-state index contributed by atoms with van der Waals surface area (Å²) in [5.41, 5.74) is 10.3. The molecule has 3 aromatic rings. The average molecular weight is 555 g/mol. The van der Waals surface area contributed by atoms with Crippen LogP contribution in [0.5, 0.6) is 0 Å². The lowest BCUT2D eigenvalue weighted by molar-refractivity contribution is -0.122. The summed E-state index contributed by atoms with van der Waals surface area (Å²) in [6, 6.07) is 8.82. The number of aromatic amines is 1. The molecule has 5 atom stereocenters. The average Bonchev–Trinajstić information content (AvgIpc) is 3.32. The lowest BCUT2D eigenvalue weighted by Crippen LogP contribution is -2.41. The Bertz CT molecular complexity index is 1210. The van der Waals surface area contributed by atoms with Crippen molar-refractivity contribution in [3.63, 3.8) is 0 Å². The van der Waals surface area contributed by atoms with Crippen molar-refractivity contribution in [2.75, 3.05) is 19.0 Å². The Hall–Kier alpha value is -2.81. The van der Waals surface area contributed by atoms with Gasteiger partial charge in [0.2, 0.25) is 5.91 Å². The van der Waals surface area contributed by atoms with Crippen LogP contribution in [0.3, 0.4) is 0 Å². The maximum Gasteiger partial charge on any atom is 0.228 e. The van der Waals surface area contributed by atoms with Gasteiger partial charge >= 0.3 is 0 Å². The lowest BCUT2D eigenvalue weighted by Gasteiger charge is -2.33. The highest BCUT2D eigenvalue weighted by Crippen LogP contribution is 2.36. The van der Waals surface area contributed by atoms with E-state index in [2.05, 4.69) is 60.5 Å². The van der Waals surface area contributed by atoms with Crippen LogP contribution in [0.1, 0.15) is 70.9 Å². The first-order valence-electron chi connectivity index (χ1n) is 14.5. The van der Waals surface area contributed by atoms with Gasteiger partial charge in [-0.2, -0.15) is 0 Å². The molecular formula is C32H47FN4O3. The minimum Gasteiger partial charge on any atom is -0.391 e. The summed E-state index contributed by atoms with van der Waals surface area (Å²) < 4.78 is 18.4. The molecule has 40 heavy (non-hydrogen) atoms. The summed E-state index contributed by atoms with van der Waals surface area (Å²) in [6.07, 6.45) is 5.12. The van der Waals surface area contributed by atoms with Gasteiger partial charge in [0.15, 0.2) is 0 Å². The SMILES string of the molecule is COCCCc1c[nH]c2ccc(C(C)C(CC(N)C(O)CC(C(=O)Nc3ccc(F)cn3)C(C)C)C(C)C)cc12. The molecule has 1 aromatic carbocycles. The number of nitrogens with one attached hydrogen (secondary N) is 2. The molecule has 0 radical (unpaired) electrons. The van der Waals surface area contributed by atoms with Crippen LogP contribution >= 0.6 is 0 Å². The van der Waals surface area contributed by atoms with Crippen LogP contribution in [0.2, 0.25) is 0 Å². The Labute approximate surface area is 238 Å². The quantitative estimate of drug-likeness (QED) is 0.171. The van der Waals surface area contributed by atoms with Gasteiger partial charge in [0.05, 0.1) is 12.3 Å². The van der Waals surface area contributed by atoms with Crippen molar-refractivity contribution in [2.45, 2.75) is 78.4 Å². The van der Waals surface area contributed by atoms with Gasteiger partial charge in [0.1, 0.15) is 11.6 Å². The molecule has 0 spiro atoms. The van der Waals surface area contributed by atoms with E-state index < -0.39 is 23.9 Å². The van der Waals surface area contributed by atoms with Crippen LogP contribution in [0.25, 0.3) is 10.9 Å². The molecule has 0 aliphatic rings. The highest BCUT2D eigenvalue weighted by molar-refractivity contribution is 5.91. The van der Waals surface area contributed by atoms with Crippen molar-refractivity contribution in [1.82, 2.24) is 9.97 Å². The number of benzene rings is 1. The van der Waals surface area contributed by atoms with Crippen LogP contribution in [0.15, 0.2) is 42.7 Å². The number of ether oxygens (including phenoxy) is 1. The number of nitrogens with two attached hydrogens (primary N) is 1. The number of amides is 1. The van der Waals surface area contributed by atoms with E-state index in [9.17, 15) is 14.3 Å². The number of aliphatic hydroxyl groups excluding tert-OH is 1. The van der Waals surface area contributed by atoms with Crippen molar-refractivity contribution >= 4 is 22.6 Å². The second-order valence-electron chi connectivity index (χ2n) is 11.8. The number of halogens is 1. The molecule has 0 aliphatic carbocycles. The van der Waals surface area contributed by atoms with Gasteiger partial charge in [-0.25, -0.2) is 9.37 Å². The fraction of sp³-hybridized carbons (Fsp3) is 0.562. The van der Waals surface area contributed by atoms with Crippen molar-refractivity contribution in [2.24, 2.45) is 29.4 Å². The van der Waals surface area contributed by atoms with Crippen molar-refractivity contribution in [3.8, 4) is 0 Å². The first-order chi connectivity index (χ1) is 19.0. The zero-order valence-corrected chi connectivity index (χ0v) is 24.8. The number of H-pyrrole nitrogens is 1. The third-order valence-corrected chi connectivity index (χ3v) is 8.26. The molecule has 0 aliphatic heterocycles. The number of aromatic nitrogens is 2. The van der Waals surface area contributed by atoms with Crippen molar-refractivity contribution in [3.05, 3.63) is 59.7 Å². The highest BCUT2D eigenvalue weighted by Gasteiger charge is 2.32. The largest absolute Gasteiger partial charge is 0.391 e. The molecule has 5 N–H and O–H groups in total. The topological polar surface area (TPSA) is 113 Å². The van der Waals surface area contributed by atoms with Crippen molar-refractivity contribution in [1.29, 1.82) is 0 Å². The smallest absolute Gasteiger partial charge is 0.228 e. The molecule has 7 nitrogen and oxygen atoms in total. The van der Waals surface area contributed by atoms with E-state index in [1.54, 1.807) is 7.11 Å². The number of nitrogens with zero attached hydrogens (tertiary/aromatic N) is 1. The standard InChI is InChI=1S/C32H47FN4O3/c1-19(2)25(21(5)22-9-11-29-27(14-22)23(17-35-29)8-7-13-40-6)15-28(34)30(38)16-26(20(3)4)32(39)37-31-12-10-24(33)18-36-31/h9-12,14,17-21,25-26,28,30,35,38H,7-8,13,15-16,34H2,1-6H3,(H,36,37,39). The molecule has 2 aromatic heterocycles. The number of pyridine rings is 1. The Kier molecular flexibility index (Phi) is 11.7. The third kappa shape index (κ3) is 8.35. The van der Waals surface area contributed by atoms with E-state index in [-0.39, 0.29) is 35.9 Å². The van der Waals surface area contributed by atoms with E-state index in [0.29, 0.717) is 12.3 Å². The predicted octanol–water partition coefficient (Wildman–Crippen LogP) is 6.04. The molecule has 0 saturated carbocycles. The van der Waals surface area contributed by atoms with Gasteiger partial charge in [-0.05, 0) is 84.7 Å². The molecule has 220 valence electrons. The number of hydrogen-bond donors (Lipinski definition) is 4. The normalized spacial score (nSPS) is 15.8. The predicted molar refractivity (Wildman–Crippen MR) is 160 cm³/mol. The van der Waals surface area contributed by atoms with Crippen LogP contribution in [0, 0.1) is 29.5 Å². The van der Waals surface area contributed by atoms with E-state index in [1.807, 2.05) is 13.8 Å². The molecule has 0 saturated heterocycles. The Balaban J connectivity index is 1.69. The number of hydrogen-bond acceptors (Lipinski definition) is 5.